The molecule has 1 aromatic carbocycles. The van der Waals surface area contributed by atoms with E-state index in [0.29, 0.717) is 28.9 Å². The van der Waals surface area contributed by atoms with Crippen LogP contribution in [-0.2, 0) is 18.3 Å². The fourth-order valence-corrected chi connectivity index (χ4v) is 2.17. The van der Waals surface area contributed by atoms with Crippen molar-refractivity contribution in [2.75, 3.05) is 0 Å². The lowest BCUT2D eigenvalue weighted by Crippen LogP contribution is -2.01. The molecule has 7 heteroatoms. The molecule has 1 heterocycles. The molecule has 0 unspecified atom stereocenters. The number of carboxylic acids is 1. The van der Waals surface area contributed by atoms with Crippen LogP contribution in [0.2, 0.25) is 5.02 Å². The number of aldehydes is 1. The Balaban J connectivity index is 2.32. The van der Waals surface area contributed by atoms with E-state index in [4.69, 9.17) is 21.4 Å². The minimum Gasteiger partial charge on any atom is -0.481 e. The van der Waals surface area contributed by atoms with Gasteiger partial charge in [0.2, 0.25) is 5.88 Å². The fourth-order valence-electron chi connectivity index (χ4n) is 1.93. The predicted octanol–water partition coefficient (Wildman–Crippen LogP) is 2.61. The topological polar surface area (TPSA) is 81.4 Å². The Hall–Kier alpha value is -2.34. The van der Waals surface area contributed by atoms with Gasteiger partial charge in [0.15, 0.2) is 6.29 Å². The molecule has 0 atom stereocenters. The monoisotopic (exact) mass is 308 g/mol. The number of carbonyl (C=O) groups excluding carboxylic acids is 1. The Kier molecular flexibility index (Phi) is 4.28. The van der Waals surface area contributed by atoms with Gasteiger partial charge in [-0.1, -0.05) is 17.7 Å². The summed E-state index contributed by atoms with van der Waals surface area (Å²) in [7, 11) is 1.65. The molecule has 0 fully saturated rings. The molecule has 0 saturated heterocycles. The number of carboxylic acid groups (broad SMARTS) is 1. The van der Waals surface area contributed by atoms with Gasteiger partial charge < -0.3 is 9.84 Å². The van der Waals surface area contributed by atoms with Crippen molar-refractivity contribution < 1.29 is 19.4 Å². The van der Waals surface area contributed by atoms with E-state index in [1.165, 1.54) is 10.7 Å². The minimum atomic E-state index is -0.940. The summed E-state index contributed by atoms with van der Waals surface area (Å²) in [5, 5.41) is 13.1. The van der Waals surface area contributed by atoms with Crippen LogP contribution < -0.4 is 4.74 Å². The zero-order valence-corrected chi connectivity index (χ0v) is 12.2. The molecule has 0 aliphatic rings. The maximum atomic E-state index is 11.1. The molecular formula is C14H13ClN2O4. The van der Waals surface area contributed by atoms with Crippen molar-refractivity contribution in [1.29, 1.82) is 0 Å². The van der Waals surface area contributed by atoms with E-state index in [2.05, 4.69) is 5.10 Å². The molecule has 2 aromatic rings. The third-order valence-electron chi connectivity index (χ3n) is 2.89. The van der Waals surface area contributed by atoms with Crippen molar-refractivity contribution in [3.8, 4) is 11.6 Å². The van der Waals surface area contributed by atoms with Gasteiger partial charge in [0.25, 0.3) is 0 Å². The summed E-state index contributed by atoms with van der Waals surface area (Å²) < 4.78 is 7.08. The number of aliphatic carboxylic acids is 1. The number of benzene rings is 1. The van der Waals surface area contributed by atoms with Gasteiger partial charge in [-0.3, -0.25) is 9.59 Å². The molecule has 1 aromatic heterocycles. The summed E-state index contributed by atoms with van der Waals surface area (Å²) in [5.41, 5.74) is 1.47. The molecule has 0 bridgehead atoms. The van der Waals surface area contributed by atoms with Crippen molar-refractivity contribution in [2.24, 2.45) is 7.05 Å². The molecule has 110 valence electrons. The Bertz CT molecular complexity index is 709. The molecule has 0 aliphatic heterocycles. The lowest BCUT2D eigenvalue weighted by Gasteiger charge is -2.09. The Labute approximate surface area is 125 Å². The van der Waals surface area contributed by atoms with Gasteiger partial charge in [-0.2, -0.15) is 5.10 Å². The van der Waals surface area contributed by atoms with Crippen molar-refractivity contribution >= 4 is 23.9 Å². The van der Waals surface area contributed by atoms with Crippen LogP contribution in [0.1, 0.15) is 21.6 Å². The number of aryl methyl sites for hydroxylation is 2. The number of nitrogens with zero attached hydrogens (tertiary/aromatic N) is 2. The van der Waals surface area contributed by atoms with Gasteiger partial charge in [-0.05, 0) is 24.6 Å². The lowest BCUT2D eigenvalue weighted by atomic mass is 10.1. The average molecular weight is 309 g/mol. The number of halogens is 1. The summed E-state index contributed by atoms with van der Waals surface area (Å²) in [4.78, 5) is 21.7. The quantitative estimate of drug-likeness (QED) is 0.859. The second kappa shape index (κ2) is 5.97. The van der Waals surface area contributed by atoms with E-state index >= 15 is 0 Å². The standard InChI is InChI=1S/C14H13ClN2O4/c1-8-10(7-18)14(17(2)16-8)21-12-4-3-9(5-11(12)15)6-13(19)20/h3-5,7H,6H2,1-2H3,(H,19,20). The van der Waals surface area contributed by atoms with Crippen LogP contribution in [-0.4, -0.2) is 27.1 Å². The van der Waals surface area contributed by atoms with E-state index in [1.807, 2.05) is 0 Å². The van der Waals surface area contributed by atoms with Crippen LogP contribution in [0.5, 0.6) is 11.6 Å². The van der Waals surface area contributed by atoms with Crippen molar-refractivity contribution in [1.82, 2.24) is 9.78 Å². The first-order valence-electron chi connectivity index (χ1n) is 6.09. The summed E-state index contributed by atoms with van der Waals surface area (Å²) in [6, 6.07) is 4.70. The highest BCUT2D eigenvalue weighted by Gasteiger charge is 2.16. The number of carbonyl (C=O) groups is 2. The Morgan fingerprint density at radius 1 is 1.52 bits per heavy atom. The van der Waals surface area contributed by atoms with Gasteiger partial charge >= 0.3 is 5.97 Å². The number of rotatable bonds is 5. The third kappa shape index (κ3) is 3.22. The van der Waals surface area contributed by atoms with E-state index in [0.717, 1.165) is 0 Å². The van der Waals surface area contributed by atoms with E-state index in [9.17, 15) is 9.59 Å². The molecule has 0 amide bonds. The molecule has 2 rings (SSSR count). The van der Waals surface area contributed by atoms with Crippen LogP contribution in [0.3, 0.4) is 0 Å². The zero-order valence-electron chi connectivity index (χ0n) is 11.5. The van der Waals surface area contributed by atoms with Gasteiger partial charge in [0.1, 0.15) is 5.75 Å². The molecule has 0 saturated carbocycles. The van der Waals surface area contributed by atoms with Gasteiger partial charge in [0, 0.05) is 7.05 Å². The number of hydrogen-bond donors (Lipinski definition) is 1. The second-order valence-corrected chi connectivity index (χ2v) is 4.89. The van der Waals surface area contributed by atoms with Gasteiger partial charge in [0.05, 0.1) is 22.7 Å². The van der Waals surface area contributed by atoms with Crippen LogP contribution in [0.25, 0.3) is 0 Å². The van der Waals surface area contributed by atoms with Crippen LogP contribution in [0.4, 0.5) is 0 Å². The molecule has 0 aliphatic carbocycles. The molecule has 0 radical (unpaired) electrons. The predicted molar refractivity (Wildman–Crippen MR) is 76.2 cm³/mol. The van der Waals surface area contributed by atoms with E-state index in [-0.39, 0.29) is 17.3 Å². The zero-order chi connectivity index (χ0) is 15.6. The first-order chi connectivity index (χ1) is 9.92. The van der Waals surface area contributed by atoms with Crippen molar-refractivity contribution in [3.05, 3.63) is 40.0 Å². The number of hydrogen-bond acceptors (Lipinski definition) is 4. The number of ether oxygens (including phenoxy) is 1. The van der Waals surface area contributed by atoms with E-state index in [1.54, 1.807) is 26.1 Å². The molecule has 0 spiro atoms. The van der Waals surface area contributed by atoms with Crippen LogP contribution in [0.15, 0.2) is 18.2 Å². The SMILES string of the molecule is Cc1nn(C)c(Oc2ccc(CC(=O)O)cc2Cl)c1C=O. The molecule has 1 N–H and O–H groups in total. The highest BCUT2D eigenvalue weighted by atomic mass is 35.5. The fraction of sp³-hybridized carbons (Fsp3) is 0.214. The Morgan fingerprint density at radius 3 is 2.81 bits per heavy atom. The first-order valence-corrected chi connectivity index (χ1v) is 6.47. The Morgan fingerprint density at radius 2 is 2.24 bits per heavy atom. The van der Waals surface area contributed by atoms with Gasteiger partial charge in [-0.15, -0.1) is 0 Å². The van der Waals surface area contributed by atoms with Crippen LogP contribution >= 0.6 is 11.6 Å². The molecule has 6 nitrogen and oxygen atoms in total. The maximum Gasteiger partial charge on any atom is 0.307 e. The summed E-state index contributed by atoms with van der Waals surface area (Å²) in [6.07, 6.45) is 0.550. The lowest BCUT2D eigenvalue weighted by molar-refractivity contribution is -0.136. The smallest absolute Gasteiger partial charge is 0.307 e. The van der Waals surface area contributed by atoms with Gasteiger partial charge in [-0.25, -0.2) is 4.68 Å². The molecular weight excluding hydrogens is 296 g/mol. The average Bonchev–Trinajstić information content (AvgIpc) is 2.66. The normalized spacial score (nSPS) is 10.4. The van der Waals surface area contributed by atoms with E-state index < -0.39 is 5.97 Å². The largest absolute Gasteiger partial charge is 0.481 e. The van der Waals surface area contributed by atoms with Crippen molar-refractivity contribution in [2.45, 2.75) is 13.3 Å². The highest BCUT2D eigenvalue weighted by molar-refractivity contribution is 6.32. The summed E-state index contributed by atoms with van der Waals surface area (Å²) >= 11 is 6.08. The summed E-state index contributed by atoms with van der Waals surface area (Å²) in [6.45, 7) is 1.70. The summed E-state index contributed by atoms with van der Waals surface area (Å²) in [5.74, 6) is -0.322. The number of aromatic nitrogens is 2. The van der Waals surface area contributed by atoms with Crippen molar-refractivity contribution in [3.63, 3.8) is 0 Å². The second-order valence-electron chi connectivity index (χ2n) is 4.48. The molecule has 21 heavy (non-hydrogen) atoms. The maximum absolute atomic E-state index is 11.1. The third-order valence-corrected chi connectivity index (χ3v) is 3.19. The highest BCUT2D eigenvalue weighted by Crippen LogP contribution is 2.32. The van der Waals surface area contributed by atoms with Crippen LogP contribution in [0, 0.1) is 6.92 Å². The first kappa shape index (κ1) is 15.1. The minimum absolute atomic E-state index is 0.121.